The summed E-state index contributed by atoms with van der Waals surface area (Å²) < 4.78 is 13.1. The molecule has 0 aromatic carbocycles. The molecule has 1 aliphatic heterocycles. The maximum absolute atomic E-state index is 12.6. The highest BCUT2D eigenvalue weighted by Crippen LogP contribution is 2.38. The molecule has 0 radical (unpaired) electrons. The summed E-state index contributed by atoms with van der Waals surface area (Å²) in [4.78, 5) is 22.5. The normalized spacial score (nSPS) is 18.1. The van der Waals surface area contributed by atoms with Crippen LogP contribution in [0.25, 0.3) is 0 Å². The van der Waals surface area contributed by atoms with Crippen molar-refractivity contribution in [3.63, 3.8) is 0 Å². The van der Waals surface area contributed by atoms with E-state index in [1.807, 2.05) is 9.47 Å². The van der Waals surface area contributed by atoms with Crippen molar-refractivity contribution in [2.24, 2.45) is 0 Å². The monoisotopic (exact) mass is 358 g/mol. The summed E-state index contributed by atoms with van der Waals surface area (Å²) in [6.07, 6.45) is 6.74. The van der Waals surface area contributed by atoms with Crippen LogP contribution in [0, 0.1) is 0 Å². The Hall–Kier alpha value is -2.55. The molecule has 0 spiro atoms. The fraction of sp³-hybridized carbons (Fsp3) is 0.588. The standard InChI is InChI=1S/C17H22N6O3/c1-25-17(4-2-5-17)10-15(24)22-8-9-23-13(11-22)20-21-14(23)12-26-16-18-6-3-7-19-16/h3,6-7H,2,4-5,8-12H2,1H3. The number of rotatable bonds is 6. The van der Waals surface area contributed by atoms with E-state index in [4.69, 9.17) is 9.47 Å². The highest BCUT2D eigenvalue weighted by molar-refractivity contribution is 5.77. The van der Waals surface area contributed by atoms with Crippen LogP contribution in [0.3, 0.4) is 0 Å². The molecular formula is C17H22N6O3. The zero-order valence-corrected chi connectivity index (χ0v) is 14.8. The predicted molar refractivity (Wildman–Crippen MR) is 90.0 cm³/mol. The van der Waals surface area contributed by atoms with Crippen molar-refractivity contribution in [1.29, 1.82) is 0 Å². The van der Waals surface area contributed by atoms with Crippen molar-refractivity contribution < 1.29 is 14.3 Å². The van der Waals surface area contributed by atoms with Crippen LogP contribution in [0.5, 0.6) is 6.01 Å². The second kappa shape index (κ2) is 6.99. The average molecular weight is 358 g/mol. The van der Waals surface area contributed by atoms with Crippen LogP contribution in [-0.4, -0.2) is 54.8 Å². The molecule has 0 atom stereocenters. The van der Waals surface area contributed by atoms with Gasteiger partial charge in [-0.2, -0.15) is 0 Å². The first-order chi connectivity index (χ1) is 12.7. The molecule has 4 rings (SSSR count). The number of ether oxygens (including phenoxy) is 2. The molecule has 0 N–H and O–H groups in total. The fourth-order valence-corrected chi connectivity index (χ4v) is 3.44. The first-order valence-electron chi connectivity index (χ1n) is 8.83. The molecule has 2 aliphatic rings. The van der Waals surface area contributed by atoms with Crippen molar-refractivity contribution in [3.05, 3.63) is 30.1 Å². The molecule has 1 fully saturated rings. The highest BCUT2D eigenvalue weighted by Gasteiger charge is 2.40. The summed E-state index contributed by atoms with van der Waals surface area (Å²) >= 11 is 0. The number of hydrogen-bond donors (Lipinski definition) is 0. The Kier molecular flexibility index (Phi) is 4.54. The van der Waals surface area contributed by atoms with Crippen molar-refractivity contribution in [3.8, 4) is 6.01 Å². The summed E-state index contributed by atoms with van der Waals surface area (Å²) in [5, 5.41) is 8.41. The van der Waals surface area contributed by atoms with Gasteiger partial charge in [-0.25, -0.2) is 9.97 Å². The van der Waals surface area contributed by atoms with E-state index in [9.17, 15) is 4.79 Å². The summed E-state index contributed by atoms with van der Waals surface area (Å²) in [6.45, 7) is 2.01. The largest absolute Gasteiger partial charge is 0.455 e. The Morgan fingerprint density at radius 1 is 1.23 bits per heavy atom. The van der Waals surface area contributed by atoms with E-state index in [1.54, 1.807) is 25.6 Å². The first-order valence-corrected chi connectivity index (χ1v) is 8.83. The molecule has 0 unspecified atom stereocenters. The van der Waals surface area contributed by atoms with Gasteiger partial charge in [0.05, 0.1) is 18.6 Å². The predicted octanol–water partition coefficient (Wildman–Crippen LogP) is 0.948. The number of fused-ring (bicyclic) bond motifs is 1. The lowest BCUT2D eigenvalue weighted by Gasteiger charge is -2.41. The Balaban J connectivity index is 1.37. The van der Waals surface area contributed by atoms with E-state index >= 15 is 0 Å². The molecule has 138 valence electrons. The van der Waals surface area contributed by atoms with Crippen LogP contribution >= 0.6 is 0 Å². The van der Waals surface area contributed by atoms with Crippen LogP contribution in [0.4, 0.5) is 0 Å². The van der Waals surface area contributed by atoms with Gasteiger partial charge in [0.15, 0.2) is 18.3 Å². The van der Waals surface area contributed by atoms with E-state index in [0.29, 0.717) is 37.9 Å². The molecule has 26 heavy (non-hydrogen) atoms. The minimum Gasteiger partial charge on any atom is -0.455 e. The molecule has 2 aromatic rings. The number of methoxy groups -OCH3 is 1. The number of nitrogens with zero attached hydrogens (tertiary/aromatic N) is 6. The average Bonchev–Trinajstić information content (AvgIpc) is 3.06. The molecule has 0 saturated heterocycles. The molecule has 0 bridgehead atoms. The molecule has 9 nitrogen and oxygen atoms in total. The highest BCUT2D eigenvalue weighted by atomic mass is 16.5. The van der Waals surface area contributed by atoms with E-state index in [0.717, 1.165) is 25.1 Å². The quantitative estimate of drug-likeness (QED) is 0.758. The summed E-state index contributed by atoms with van der Waals surface area (Å²) in [5.41, 5.74) is -0.253. The van der Waals surface area contributed by atoms with Gasteiger partial charge in [-0.1, -0.05) is 0 Å². The summed E-state index contributed by atoms with van der Waals surface area (Å²) in [5.74, 6) is 1.61. The Morgan fingerprint density at radius 3 is 2.73 bits per heavy atom. The number of carbonyl (C=O) groups is 1. The molecule has 3 heterocycles. The van der Waals surface area contributed by atoms with Gasteiger partial charge in [-0.3, -0.25) is 4.79 Å². The van der Waals surface area contributed by atoms with Gasteiger partial charge in [0.1, 0.15) is 0 Å². The number of carbonyl (C=O) groups excluding carboxylic acids is 1. The summed E-state index contributed by atoms with van der Waals surface area (Å²) in [7, 11) is 1.70. The maximum Gasteiger partial charge on any atom is 0.316 e. The van der Waals surface area contributed by atoms with Gasteiger partial charge in [0, 0.05) is 32.6 Å². The Bertz CT molecular complexity index is 769. The fourth-order valence-electron chi connectivity index (χ4n) is 3.44. The van der Waals surface area contributed by atoms with Crippen LogP contribution in [0.2, 0.25) is 0 Å². The summed E-state index contributed by atoms with van der Waals surface area (Å²) in [6, 6.07) is 2.04. The van der Waals surface area contributed by atoms with Gasteiger partial charge in [-0.05, 0) is 25.3 Å². The lowest BCUT2D eigenvalue weighted by molar-refractivity contribution is -0.145. The topological polar surface area (TPSA) is 95.3 Å². The number of hydrogen-bond acceptors (Lipinski definition) is 7. The van der Waals surface area contributed by atoms with Crippen molar-refractivity contribution in [2.45, 2.75) is 51.0 Å². The van der Waals surface area contributed by atoms with Gasteiger partial charge < -0.3 is 18.9 Å². The molecule has 1 aliphatic carbocycles. The second-order valence-corrected chi connectivity index (χ2v) is 6.74. The van der Waals surface area contributed by atoms with Crippen molar-refractivity contribution in [2.75, 3.05) is 13.7 Å². The molecule has 1 saturated carbocycles. The van der Waals surface area contributed by atoms with Gasteiger partial charge in [0.25, 0.3) is 0 Å². The van der Waals surface area contributed by atoms with Gasteiger partial charge in [0.2, 0.25) is 5.91 Å². The zero-order chi connectivity index (χ0) is 18.0. The first kappa shape index (κ1) is 16.9. The lowest BCUT2D eigenvalue weighted by atomic mass is 9.77. The third kappa shape index (κ3) is 3.26. The van der Waals surface area contributed by atoms with Crippen molar-refractivity contribution >= 4 is 5.91 Å². The van der Waals surface area contributed by atoms with Gasteiger partial charge in [-0.15, -0.1) is 10.2 Å². The van der Waals surface area contributed by atoms with Gasteiger partial charge >= 0.3 is 6.01 Å². The van der Waals surface area contributed by atoms with E-state index in [2.05, 4.69) is 20.2 Å². The lowest BCUT2D eigenvalue weighted by Crippen LogP contribution is -2.47. The van der Waals surface area contributed by atoms with Crippen LogP contribution < -0.4 is 4.74 Å². The Labute approximate surface area is 151 Å². The van der Waals surface area contributed by atoms with E-state index in [1.165, 1.54) is 0 Å². The third-order valence-electron chi connectivity index (χ3n) is 5.23. The smallest absolute Gasteiger partial charge is 0.316 e. The number of aromatic nitrogens is 5. The Morgan fingerprint density at radius 2 is 2.04 bits per heavy atom. The van der Waals surface area contributed by atoms with Crippen LogP contribution in [0.1, 0.15) is 37.3 Å². The minimum atomic E-state index is -0.253. The third-order valence-corrected chi connectivity index (χ3v) is 5.23. The molecule has 9 heteroatoms. The maximum atomic E-state index is 12.6. The number of amides is 1. The second-order valence-electron chi connectivity index (χ2n) is 6.74. The van der Waals surface area contributed by atoms with Crippen LogP contribution in [0.15, 0.2) is 18.5 Å². The SMILES string of the molecule is COC1(CC(=O)N2CCn3c(COc4ncccn4)nnc3C2)CCC1. The van der Waals surface area contributed by atoms with E-state index in [-0.39, 0.29) is 18.1 Å². The minimum absolute atomic E-state index is 0.122. The van der Waals surface area contributed by atoms with E-state index < -0.39 is 0 Å². The van der Waals surface area contributed by atoms with Crippen LogP contribution in [-0.2, 0) is 29.2 Å². The molecule has 1 amide bonds. The zero-order valence-electron chi connectivity index (χ0n) is 14.8. The molecule has 2 aromatic heterocycles. The molecular weight excluding hydrogens is 336 g/mol. The van der Waals surface area contributed by atoms with Crippen molar-refractivity contribution in [1.82, 2.24) is 29.6 Å².